The highest BCUT2D eigenvalue weighted by molar-refractivity contribution is 5.09. The molecule has 118 valence electrons. The van der Waals surface area contributed by atoms with Crippen LogP contribution in [0.15, 0.2) is 36.8 Å². The average molecular weight is 299 g/mol. The third-order valence-corrected chi connectivity index (χ3v) is 4.30. The molecule has 0 radical (unpaired) electrons. The Kier molecular flexibility index (Phi) is 5.19. The van der Waals surface area contributed by atoms with Crippen molar-refractivity contribution in [3.63, 3.8) is 0 Å². The summed E-state index contributed by atoms with van der Waals surface area (Å²) in [6.45, 7) is 8.36. The van der Waals surface area contributed by atoms with Crippen LogP contribution in [0.1, 0.15) is 24.6 Å². The van der Waals surface area contributed by atoms with Crippen molar-refractivity contribution in [1.29, 1.82) is 0 Å². The fourth-order valence-electron chi connectivity index (χ4n) is 3.18. The normalized spacial score (nSPS) is 18.2. The lowest BCUT2D eigenvalue weighted by molar-refractivity contribution is 0.214. The molecule has 5 nitrogen and oxygen atoms in total. The standard InChI is InChI=1S/C17H25N5/c1-2-22-17(6-9-20-22)14-21(13-16-5-8-19-11-16)12-15-4-3-7-18-10-15/h3-4,6-7,9-10,16,19H,2,5,8,11-14H2,1H3. The van der Waals surface area contributed by atoms with Crippen molar-refractivity contribution in [3.8, 4) is 0 Å². The van der Waals surface area contributed by atoms with Crippen LogP contribution in [0.25, 0.3) is 0 Å². The Labute approximate surface area is 132 Å². The van der Waals surface area contributed by atoms with E-state index in [2.05, 4.69) is 44.0 Å². The molecule has 0 bridgehead atoms. The largest absolute Gasteiger partial charge is 0.316 e. The Morgan fingerprint density at radius 3 is 3.00 bits per heavy atom. The fraction of sp³-hybridized carbons (Fsp3) is 0.529. The number of hydrogen-bond donors (Lipinski definition) is 1. The van der Waals surface area contributed by atoms with E-state index in [9.17, 15) is 0 Å². The Balaban J connectivity index is 1.70. The molecule has 0 aliphatic carbocycles. The molecule has 2 aromatic heterocycles. The number of rotatable bonds is 7. The van der Waals surface area contributed by atoms with Crippen molar-refractivity contribution in [2.45, 2.75) is 33.0 Å². The zero-order valence-corrected chi connectivity index (χ0v) is 13.3. The summed E-state index contributed by atoms with van der Waals surface area (Å²) >= 11 is 0. The lowest BCUT2D eigenvalue weighted by Gasteiger charge is -2.25. The Morgan fingerprint density at radius 1 is 1.32 bits per heavy atom. The van der Waals surface area contributed by atoms with Crippen LogP contribution < -0.4 is 5.32 Å². The van der Waals surface area contributed by atoms with Crippen LogP contribution in [0.2, 0.25) is 0 Å². The molecule has 5 heteroatoms. The van der Waals surface area contributed by atoms with Crippen LogP contribution in [0, 0.1) is 5.92 Å². The summed E-state index contributed by atoms with van der Waals surface area (Å²) in [5.41, 5.74) is 2.56. The van der Waals surface area contributed by atoms with Gasteiger partial charge in [-0.1, -0.05) is 6.07 Å². The minimum atomic E-state index is 0.745. The number of nitrogens with zero attached hydrogens (tertiary/aromatic N) is 4. The molecule has 0 spiro atoms. The quantitative estimate of drug-likeness (QED) is 0.848. The number of nitrogens with one attached hydrogen (secondary N) is 1. The molecule has 1 aliphatic heterocycles. The van der Waals surface area contributed by atoms with E-state index in [0.29, 0.717) is 0 Å². The zero-order valence-electron chi connectivity index (χ0n) is 13.3. The van der Waals surface area contributed by atoms with Gasteiger partial charge < -0.3 is 5.32 Å². The van der Waals surface area contributed by atoms with Crippen molar-refractivity contribution < 1.29 is 0 Å². The third-order valence-electron chi connectivity index (χ3n) is 4.30. The maximum atomic E-state index is 4.39. The number of aromatic nitrogens is 3. The Hall–Kier alpha value is -1.72. The van der Waals surface area contributed by atoms with Crippen LogP contribution in [-0.2, 0) is 19.6 Å². The van der Waals surface area contributed by atoms with Gasteiger partial charge in [0, 0.05) is 44.8 Å². The lowest BCUT2D eigenvalue weighted by Crippen LogP contribution is -2.30. The van der Waals surface area contributed by atoms with Crippen molar-refractivity contribution in [3.05, 3.63) is 48.0 Å². The van der Waals surface area contributed by atoms with Gasteiger partial charge in [-0.15, -0.1) is 0 Å². The predicted octanol–water partition coefficient (Wildman–Crippen LogP) is 1.91. The van der Waals surface area contributed by atoms with Crippen LogP contribution in [-0.4, -0.2) is 39.3 Å². The summed E-state index contributed by atoms with van der Waals surface area (Å²) in [6.07, 6.45) is 6.98. The van der Waals surface area contributed by atoms with Gasteiger partial charge in [-0.25, -0.2) is 0 Å². The third kappa shape index (κ3) is 3.93. The maximum absolute atomic E-state index is 4.39. The summed E-state index contributed by atoms with van der Waals surface area (Å²) in [4.78, 5) is 6.77. The first-order valence-corrected chi connectivity index (χ1v) is 8.18. The highest BCUT2D eigenvalue weighted by atomic mass is 15.3. The van der Waals surface area contributed by atoms with E-state index in [-0.39, 0.29) is 0 Å². The topological polar surface area (TPSA) is 46.0 Å². The molecule has 1 fully saturated rings. The number of hydrogen-bond acceptors (Lipinski definition) is 4. The van der Waals surface area contributed by atoms with Crippen LogP contribution in [0.5, 0.6) is 0 Å². The molecule has 3 heterocycles. The molecule has 1 N–H and O–H groups in total. The van der Waals surface area contributed by atoms with E-state index >= 15 is 0 Å². The second kappa shape index (κ2) is 7.51. The van der Waals surface area contributed by atoms with Crippen LogP contribution in [0.3, 0.4) is 0 Å². The van der Waals surface area contributed by atoms with Gasteiger partial charge in [-0.3, -0.25) is 14.6 Å². The molecule has 0 aromatic carbocycles. The van der Waals surface area contributed by atoms with Crippen molar-refractivity contribution in [2.24, 2.45) is 5.92 Å². The summed E-state index contributed by atoms with van der Waals surface area (Å²) in [5, 5.41) is 7.86. The van der Waals surface area contributed by atoms with E-state index in [1.165, 1.54) is 17.7 Å². The Bertz CT molecular complexity index is 559. The van der Waals surface area contributed by atoms with E-state index in [0.717, 1.165) is 45.2 Å². The van der Waals surface area contributed by atoms with Gasteiger partial charge in [0.2, 0.25) is 0 Å². The molecule has 1 unspecified atom stereocenters. The monoisotopic (exact) mass is 299 g/mol. The molecule has 0 saturated carbocycles. The Morgan fingerprint density at radius 2 is 2.27 bits per heavy atom. The minimum Gasteiger partial charge on any atom is -0.316 e. The van der Waals surface area contributed by atoms with Crippen LogP contribution in [0.4, 0.5) is 0 Å². The highest BCUT2D eigenvalue weighted by Crippen LogP contribution is 2.15. The molecule has 1 atom stereocenters. The van der Waals surface area contributed by atoms with E-state index < -0.39 is 0 Å². The van der Waals surface area contributed by atoms with Crippen molar-refractivity contribution >= 4 is 0 Å². The fourth-order valence-corrected chi connectivity index (χ4v) is 3.18. The van der Waals surface area contributed by atoms with Gasteiger partial charge in [-0.2, -0.15) is 5.10 Å². The minimum absolute atomic E-state index is 0.745. The summed E-state index contributed by atoms with van der Waals surface area (Å²) in [5.74, 6) is 0.745. The molecule has 0 amide bonds. The average Bonchev–Trinajstić information content (AvgIpc) is 3.20. The number of pyridine rings is 1. The van der Waals surface area contributed by atoms with E-state index in [1.807, 2.05) is 24.7 Å². The molecular formula is C17H25N5. The lowest BCUT2D eigenvalue weighted by atomic mass is 10.1. The van der Waals surface area contributed by atoms with E-state index in [4.69, 9.17) is 0 Å². The smallest absolute Gasteiger partial charge is 0.0524 e. The highest BCUT2D eigenvalue weighted by Gasteiger charge is 2.19. The first-order valence-electron chi connectivity index (χ1n) is 8.18. The molecule has 1 aliphatic rings. The maximum Gasteiger partial charge on any atom is 0.0524 e. The van der Waals surface area contributed by atoms with Gasteiger partial charge in [0.15, 0.2) is 0 Å². The van der Waals surface area contributed by atoms with Gasteiger partial charge in [0.1, 0.15) is 0 Å². The zero-order chi connectivity index (χ0) is 15.2. The number of aryl methyl sites for hydroxylation is 1. The van der Waals surface area contributed by atoms with Crippen molar-refractivity contribution in [2.75, 3.05) is 19.6 Å². The van der Waals surface area contributed by atoms with Gasteiger partial charge >= 0.3 is 0 Å². The van der Waals surface area contributed by atoms with E-state index in [1.54, 1.807) is 0 Å². The second-order valence-electron chi connectivity index (χ2n) is 6.03. The van der Waals surface area contributed by atoms with Crippen LogP contribution >= 0.6 is 0 Å². The van der Waals surface area contributed by atoms with Gasteiger partial charge in [0.05, 0.1) is 5.69 Å². The molecule has 1 saturated heterocycles. The molecule has 3 rings (SSSR count). The van der Waals surface area contributed by atoms with Gasteiger partial charge in [-0.05, 0) is 50.0 Å². The molecular weight excluding hydrogens is 274 g/mol. The first kappa shape index (κ1) is 15.2. The summed E-state index contributed by atoms with van der Waals surface area (Å²) in [7, 11) is 0. The summed E-state index contributed by atoms with van der Waals surface area (Å²) < 4.78 is 2.09. The second-order valence-corrected chi connectivity index (χ2v) is 6.03. The predicted molar refractivity (Wildman–Crippen MR) is 87.2 cm³/mol. The molecule has 2 aromatic rings. The van der Waals surface area contributed by atoms with Gasteiger partial charge in [0.25, 0.3) is 0 Å². The molecule has 22 heavy (non-hydrogen) atoms. The SMILES string of the molecule is CCn1nccc1CN(Cc1cccnc1)CC1CCNC1. The van der Waals surface area contributed by atoms with Crippen molar-refractivity contribution in [1.82, 2.24) is 25.0 Å². The summed E-state index contributed by atoms with van der Waals surface area (Å²) in [6, 6.07) is 6.30. The first-order chi connectivity index (χ1) is 10.8.